The molecule has 1 fully saturated rings. The number of nitrogens with zero attached hydrogens (tertiary/aromatic N) is 1. The van der Waals surface area contributed by atoms with Gasteiger partial charge in [-0.2, -0.15) is 4.31 Å². The van der Waals surface area contributed by atoms with Gasteiger partial charge in [0, 0.05) is 13.1 Å². The molecule has 1 aromatic rings. The van der Waals surface area contributed by atoms with Gasteiger partial charge in [-0.05, 0) is 42.3 Å². The lowest BCUT2D eigenvalue weighted by Gasteiger charge is -2.22. The molecule has 1 aliphatic rings. The zero-order valence-electron chi connectivity index (χ0n) is 10.1. The van der Waals surface area contributed by atoms with E-state index in [4.69, 9.17) is 5.73 Å². The minimum Gasteiger partial charge on any atom is -0.330 e. The predicted octanol–water partition coefficient (Wildman–Crippen LogP) is 1.42. The van der Waals surface area contributed by atoms with Gasteiger partial charge in [-0.15, -0.1) is 11.3 Å². The summed E-state index contributed by atoms with van der Waals surface area (Å²) < 4.78 is 26.9. The third-order valence-corrected chi connectivity index (χ3v) is 6.92. The summed E-state index contributed by atoms with van der Waals surface area (Å²) >= 11 is 1.29. The number of thiophene rings is 1. The van der Waals surface area contributed by atoms with Crippen LogP contribution < -0.4 is 5.73 Å². The van der Waals surface area contributed by atoms with Crippen molar-refractivity contribution in [2.75, 3.05) is 19.6 Å². The van der Waals surface area contributed by atoms with E-state index in [1.807, 2.05) is 25.3 Å². The zero-order chi connectivity index (χ0) is 12.7. The van der Waals surface area contributed by atoms with E-state index in [1.54, 1.807) is 4.31 Å². The molecule has 0 bridgehead atoms. The van der Waals surface area contributed by atoms with Crippen LogP contribution in [0, 0.1) is 12.3 Å². The number of nitrogens with two attached hydrogens (primary N) is 1. The first-order valence-electron chi connectivity index (χ1n) is 5.63. The van der Waals surface area contributed by atoms with Crippen LogP contribution in [-0.2, 0) is 10.0 Å². The molecule has 0 radical (unpaired) electrons. The van der Waals surface area contributed by atoms with Gasteiger partial charge in [0.15, 0.2) is 0 Å². The molecule has 1 saturated heterocycles. The molecule has 17 heavy (non-hydrogen) atoms. The second kappa shape index (κ2) is 4.35. The van der Waals surface area contributed by atoms with Crippen LogP contribution in [0.15, 0.2) is 15.7 Å². The summed E-state index contributed by atoms with van der Waals surface area (Å²) in [5.74, 6) is 0. The molecule has 0 aliphatic carbocycles. The molecule has 0 saturated carbocycles. The lowest BCUT2D eigenvalue weighted by molar-refractivity contribution is 0.350. The van der Waals surface area contributed by atoms with Crippen LogP contribution >= 0.6 is 11.3 Å². The first-order valence-corrected chi connectivity index (χ1v) is 7.95. The molecule has 2 N–H and O–H groups in total. The topological polar surface area (TPSA) is 63.4 Å². The molecule has 0 aromatic carbocycles. The Hall–Kier alpha value is -0.430. The largest absolute Gasteiger partial charge is 0.330 e. The number of aryl methyl sites for hydroxylation is 1. The number of sulfonamides is 1. The lowest BCUT2D eigenvalue weighted by Crippen LogP contribution is -2.34. The van der Waals surface area contributed by atoms with Crippen molar-refractivity contribution in [2.24, 2.45) is 11.1 Å². The molecule has 0 spiro atoms. The molecule has 0 amide bonds. The highest BCUT2D eigenvalue weighted by molar-refractivity contribution is 7.91. The fourth-order valence-corrected chi connectivity index (χ4v) is 5.23. The number of hydrogen-bond donors (Lipinski definition) is 1. The first-order chi connectivity index (χ1) is 7.89. The quantitative estimate of drug-likeness (QED) is 0.906. The highest BCUT2D eigenvalue weighted by atomic mass is 32.2. The summed E-state index contributed by atoms with van der Waals surface area (Å²) in [5.41, 5.74) is 6.46. The zero-order valence-corrected chi connectivity index (χ0v) is 11.8. The summed E-state index contributed by atoms with van der Waals surface area (Å²) in [6.45, 7) is 5.52. The van der Waals surface area contributed by atoms with Crippen LogP contribution in [0.1, 0.15) is 18.9 Å². The maximum atomic E-state index is 12.4. The minimum atomic E-state index is -3.31. The molecule has 4 nitrogen and oxygen atoms in total. The van der Waals surface area contributed by atoms with E-state index in [9.17, 15) is 8.42 Å². The SMILES string of the molecule is Cc1ccsc1S(=O)(=O)N1CCC(C)(CN)C1. The van der Waals surface area contributed by atoms with Gasteiger partial charge < -0.3 is 5.73 Å². The average molecular weight is 274 g/mol. The maximum Gasteiger partial charge on any atom is 0.252 e. The van der Waals surface area contributed by atoms with E-state index in [1.165, 1.54) is 11.3 Å². The third-order valence-electron chi connectivity index (χ3n) is 3.40. The second-order valence-corrected chi connectivity index (χ2v) is 8.04. The standard InChI is InChI=1S/C11H18N2O2S2/c1-9-3-6-16-10(9)17(14,15)13-5-4-11(2,7-12)8-13/h3,6H,4-5,7-8,12H2,1-2H3. The van der Waals surface area contributed by atoms with Crippen molar-refractivity contribution in [1.29, 1.82) is 0 Å². The van der Waals surface area contributed by atoms with Crippen molar-refractivity contribution in [3.8, 4) is 0 Å². The van der Waals surface area contributed by atoms with Gasteiger partial charge in [-0.1, -0.05) is 6.92 Å². The Morgan fingerprint density at radius 3 is 2.76 bits per heavy atom. The molecule has 6 heteroatoms. The molecule has 2 rings (SSSR count). The van der Waals surface area contributed by atoms with Gasteiger partial charge in [0.1, 0.15) is 4.21 Å². The molecular formula is C11H18N2O2S2. The molecule has 1 aromatic heterocycles. The van der Waals surface area contributed by atoms with Crippen LogP contribution in [0.25, 0.3) is 0 Å². The van der Waals surface area contributed by atoms with E-state index >= 15 is 0 Å². The molecule has 1 aliphatic heterocycles. The summed E-state index contributed by atoms with van der Waals surface area (Å²) in [6, 6.07) is 1.84. The predicted molar refractivity (Wildman–Crippen MR) is 69.6 cm³/mol. The minimum absolute atomic E-state index is 0.0712. The monoisotopic (exact) mass is 274 g/mol. The van der Waals surface area contributed by atoms with Gasteiger partial charge in [-0.25, -0.2) is 8.42 Å². The van der Waals surface area contributed by atoms with E-state index in [-0.39, 0.29) is 5.41 Å². The van der Waals surface area contributed by atoms with Gasteiger partial charge in [0.05, 0.1) is 0 Å². The van der Waals surface area contributed by atoms with Crippen molar-refractivity contribution in [2.45, 2.75) is 24.5 Å². The molecule has 96 valence electrons. The fourth-order valence-electron chi connectivity index (χ4n) is 2.09. The van der Waals surface area contributed by atoms with Crippen LogP contribution in [0.5, 0.6) is 0 Å². The van der Waals surface area contributed by atoms with Gasteiger partial charge in [-0.3, -0.25) is 0 Å². The van der Waals surface area contributed by atoms with Gasteiger partial charge in [0.2, 0.25) is 0 Å². The Bertz CT molecular complexity index is 509. The highest BCUT2D eigenvalue weighted by Gasteiger charge is 2.39. The van der Waals surface area contributed by atoms with E-state index < -0.39 is 10.0 Å². The maximum absolute atomic E-state index is 12.4. The fraction of sp³-hybridized carbons (Fsp3) is 0.636. The smallest absolute Gasteiger partial charge is 0.252 e. The first kappa shape index (κ1) is 13.0. The Labute approximate surface area is 106 Å². The van der Waals surface area contributed by atoms with Crippen molar-refractivity contribution < 1.29 is 8.42 Å². The van der Waals surface area contributed by atoms with Crippen molar-refractivity contribution in [3.05, 3.63) is 17.0 Å². The summed E-state index contributed by atoms with van der Waals surface area (Å²) in [7, 11) is -3.31. The third kappa shape index (κ3) is 2.27. The summed E-state index contributed by atoms with van der Waals surface area (Å²) in [5, 5.41) is 1.82. The molecular weight excluding hydrogens is 256 g/mol. The molecule has 1 atom stereocenters. The van der Waals surface area contributed by atoms with E-state index in [0.717, 1.165) is 12.0 Å². The Morgan fingerprint density at radius 1 is 1.59 bits per heavy atom. The normalized spacial score (nSPS) is 26.5. The van der Waals surface area contributed by atoms with Crippen LogP contribution in [0.3, 0.4) is 0 Å². The molecule has 1 unspecified atom stereocenters. The Balaban J connectivity index is 2.28. The Kier molecular flexibility index (Phi) is 3.33. The van der Waals surface area contributed by atoms with E-state index in [2.05, 4.69) is 0 Å². The van der Waals surface area contributed by atoms with Crippen LogP contribution in [0.4, 0.5) is 0 Å². The summed E-state index contributed by atoms with van der Waals surface area (Å²) in [4.78, 5) is 0. The van der Waals surface area contributed by atoms with E-state index in [0.29, 0.717) is 23.8 Å². The Morgan fingerprint density at radius 2 is 2.29 bits per heavy atom. The second-order valence-electron chi connectivity index (χ2n) is 4.99. The number of rotatable bonds is 3. The van der Waals surface area contributed by atoms with Crippen LogP contribution in [0.2, 0.25) is 0 Å². The molecule has 2 heterocycles. The average Bonchev–Trinajstić information content (AvgIpc) is 2.86. The lowest BCUT2D eigenvalue weighted by atomic mass is 9.90. The number of hydrogen-bond acceptors (Lipinski definition) is 4. The summed E-state index contributed by atoms with van der Waals surface area (Å²) in [6.07, 6.45) is 0.840. The van der Waals surface area contributed by atoms with Crippen molar-refractivity contribution in [1.82, 2.24) is 4.31 Å². The highest BCUT2D eigenvalue weighted by Crippen LogP contribution is 2.34. The van der Waals surface area contributed by atoms with Crippen LogP contribution in [-0.4, -0.2) is 32.4 Å². The van der Waals surface area contributed by atoms with Crippen molar-refractivity contribution in [3.63, 3.8) is 0 Å². The van der Waals surface area contributed by atoms with Gasteiger partial charge >= 0.3 is 0 Å². The van der Waals surface area contributed by atoms with Gasteiger partial charge in [0.25, 0.3) is 10.0 Å². The van der Waals surface area contributed by atoms with Crippen molar-refractivity contribution >= 4 is 21.4 Å².